The highest BCUT2D eigenvalue weighted by atomic mass is 32.2. The Morgan fingerprint density at radius 3 is 2.78 bits per heavy atom. The summed E-state index contributed by atoms with van der Waals surface area (Å²) in [5.41, 5.74) is 3.87. The molecule has 1 saturated heterocycles. The molecule has 10 nitrogen and oxygen atoms in total. The second kappa shape index (κ2) is 12.4. The van der Waals surface area contributed by atoms with Crippen LogP contribution in [0.15, 0.2) is 29.6 Å². The Balaban J connectivity index is 1.38. The van der Waals surface area contributed by atoms with Gasteiger partial charge in [-0.15, -0.1) is 0 Å². The van der Waals surface area contributed by atoms with E-state index in [4.69, 9.17) is 4.74 Å². The number of amides is 2. The van der Waals surface area contributed by atoms with E-state index in [0.717, 1.165) is 33.9 Å². The third kappa shape index (κ3) is 6.40. The fraction of sp³-hybridized carbons (Fsp3) is 0.500. The average Bonchev–Trinajstić information content (AvgIpc) is 3.47. The molecule has 1 aromatic carbocycles. The van der Waals surface area contributed by atoms with Crippen LogP contribution in [0.25, 0.3) is 11.0 Å². The molecule has 1 fully saturated rings. The zero-order valence-corrected chi connectivity index (χ0v) is 22.7. The molecule has 2 aromatic heterocycles. The van der Waals surface area contributed by atoms with Crippen molar-refractivity contribution in [3.8, 4) is 0 Å². The largest absolute Gasteiger partial charge is 0.380 e. The number of rotatable bonds is 12. The van der Waals surface area contributed by atoms with Crippen LogP contribution in [-0.2, 0) is 20.9 Å². The number of aromatic nitrogens is 4. The Bertz CT molecular complexity index is 1260. The average molecular weight is 526 g/mol. The van der Waals surface area contributed by atoms with Gasteiger partial charge >= 0.3 is 0 Å². The maximum atomic E-state index is 12.9. The van der Waals surface area contributed by atoms with E-state index in [1.54, 1.807) is 27.5 Å². The molecule has 198 valence electrons. The lowest BCUT2D eigenvalue weighted by atomic mass is 10.1. The van der Waals surface area contributed by atoms with Crippen LogP contribution in [0.2, 0.25) is 0 Å². The van der Waals surface area contributed by atoms with E-state index in [9.17, 15) is 9.59 Å². The van der Waals surface area contributed by atoms with Crippen molar-refractivity contribution in [2.75, 3.05) is 48.8 Å². The lowest BCUT2D eigenvalue weighted by Gasteiger charge is -2.18. The number of hydrogen-bond donors (Lipinski definition) is 2. The number of aryl methyl sites for hydroxylation is 2. The quantitative estimate of drug-likeness (QED) is 0.211. The monoisotopic (exact) mass is 525 g/mol. The van der Waals surface area contributed by atoms with Gasteiger partial charge in [-0.2, -0.15) is 5.10 Å². The van der Waals surface area contributed by atoms with Gasteiger partial charge in [-0.1, -0.05) is 24.8 Å². The number of carbonyl (C=O) groups is 2. The maximum absolute atomic E-state index is 12.9. The summed E-state index contributed by atoms with van der Waals surface area (Å²) in [6, 6.07) is 5.95. The van der Waals surface area contributed by atoms with Crippen molar-refractivity contribution in [3.05, 3.63) is 35.5 Å². The van der Waals surface area contributed by atoms with Gasteiger partial charge in [0.1, 0.15) is 5.82 Å². The van der Waals surface area contributed by atoms with E-state index in [-0.39, 0.29) is 24.2 Å². The predicted molar refractivity (Wildman–Crippen MR) is 146 cm³/mol. The van der Waals surface area contributed by atoms with Crippen molar-refractivity contribution >= 4 is 46.1 Å². The number of hydrogen-bond acceptors (Lipinski definition) is 8. The van der Waals surface area contributed by atoms with Crippen LogP contribution in [-0.4, -0.2) is 70.2 Å². The van der Waals surface area contributed by atoms with Crippen LogP contribution >= 0.6 is 11.8 Å². The minimum Gasteiger partial charge on any atom is -0.380 e. The van der Waals surface area contributed by atoms with Gasteiger partial charge in [0.25, 0.3) is 0 Å². The summed E-state index contributed by atoms with van der Waals surface area (Å²) in [4.78, 5) is 36.5. The molecule has 1 aliphatic rings. The van der Waals surface area contributed by atoms with Crippen LogP contribution in [0.4, 0.5) is 11.5 Å². The van der Waals surface area contributed by atoms with Gasteiger partial charge in [0.2, 0.25) is 11.8 Å². The van der Waals surface area contributed by atoms with Gasteiger partial charge < -0.3 is 20.3 Å². The Morgan fingerprint density at radius 1 is 1.19 bits per heavy atom. The van der Waals surface area contributed by atoms with E-state index in [2.05, 4.69) is 32.6 Å². The molecule has 2 N–H and O–H groups in total. The summed E-state index contributed by atoms with van der Waals surface area (Å²) in [6.07, 6.45) is 1.96. The molecule has 0 saturated carbocycles. The molecule has 37 heavy (non-hydrogen) atoms. The number of fused-ring (bicyclic) bond motifs is 1. The van der Waals surface area contributed by atoms with Gasteiger partial charge in [0.05, 0.1) is 30.7 Å². The van der Waals surface area contributed by atoms with Crippen LogP contribution in [0.5, 0.6) is 0 Å². The fourth-order valence-electron chi connectivity index (χ4n) is 4.27. The molecule has 0 spiro atoms. The van der Waals surface area contributed by atoms with Gasteiger partial charge in [0.15, 0.2) is 10.8 Å². The highest BCUT2D eigenvalue weighted by molar-refractivity contribution is 7.99. The molecule has 4 rings (SSSR count). The van der Waals surface area contributed by atoms with Crippen molar-refractivity contribution in [2.45, 2.75) is 45.8 Å². The third-order valence-electron chi connectivity index (χ3n) is 6.41. The van der Waals surface area contributed by atoms with Crippen LogP contribution < -0.4 is 15.5 Å². The fourth-order valence-corrected chi connectivity index (χ4v) is 4.83. The minimum absolute atomic E-state index is 0.0245. The van der Waals surface area contributed by atoms with Gasteiger partial charge in [-0.3, -0.25) is 9.59 Å². The molecule has 0 bridgehead atoms. The molecular formula is C26H35N7O3S. The molecule has 2 amide bonds. The number of anilines is 2. The van der Waals surface area contributed by atoms with Crippen molar-refractivity contribution in [2.24, 2.45) is 5.92 Å². The first kappa shape index (κ1) is 26.9. The SMILES string of the molecule is CCOCCNc1nc(SCC)nc2c1cnn2CCNC(=O)C1CC(=O)N(c2ccc(C)c(C)c2)C1. The van der Waals surface area contributed by atoms with Crippen molar-refractivity contribution in [1.29, 1.82) is 0 Å². The van der Waals surface area contributed by atoms with Crippen LogP contribution in [0, 0.1) is 19.8 Å². The summed E-state index contributed by atoms with van der Waals surface area (Å²) >= 11 is 1.56. The van der Waals surface area contributed by atoms with Crippen LogP contribution in [0.3, 0.4) is 0 Å². The number of nitrogens with one attached hydrogen (secondary N) is 2. The second-order valence-electron chi connectivity index (χ2n) is 8.98. The summed E-state index contributed by atoms with van der Waals surface area (Å²) < 4.78 is 7.20. The first-order valence-electron chi connectivity index (χ1n) is 12.7. The molecule has 1 atom stereocenters. The molecule has 1 aliphatic heterocycles. The molecular weight excluding hydrogens is 490 g/mol. The number of ether oxygens (including phenoxy) is 1. The van der Waals surface area contributed by atoms with Gasteiger partial charge in [0, 0.05) is 38.3 Å². The third-order valence-corrected chi connectivity index (χ3v) is 7.14. The molecule has 3 heterocycles. The van der Waals surface area contributed by atoms with Crippen molar-refractivity contribution < 1.29 is 14.3 Å². The molecule has 3 aromatic rings. The Morgan fingerprint density at radius 2 is 2.03 bits per heavy atom. The van der Waals surface area contributed by atoms with E-state index in [1.165, 1.54) is 5.56 Å². The topological polar surface area (TPSA) is 114 Å². The Labute approximate surface area is 221 Å². The first-order valence-corrected chi connectivity index (χ1v) is 13.7. The first-order chi connectivity index (χ1) is 17.9. The summed E-state index contributed by atoms with van der Waals surface area (Å²) in [7, 11) is 0. The van der Waals surface area contributed by atoms with Crippen molar-refractivity contribution in [3.63, 3.8) is 0 Å². The highest BCUT2D eigenvalue weighted by Gasteiger charge is 2.35. The standard InChI is InChI=1S/C26H35N7O3S/c1-5-36-12-10-27-23-21-15-29-33(24(21)31-26(30-23)37-6-2)11-9-28-25(35)19-14-22(34)32(16-19)20-8-7-17(3)18(4)13-20/h7-8,13,15,19H,5-6,9-12,14,16H2,1-4H3,(H,28,35)(H,27,30,31). The zero-order valence-electron chi connectivity index (χ0n) is 21.9. The molecule has 1 unspecified atom stereocenters. The molecule has 11 heteroatoms. The second-order valence-corrected chi connectivity index (χ2v) is 10.2. The highest BCUT2D eigenvalue weighted by Crippen LogP contribution is 2.27. The summed E-state index contributed by atoms with van der Waals surface area (Å²) in [5.74, 6) is 1.06. The lowest BCUT2D eigenvalue weighted by molar-refractivity contribution is -0.126. The van der Waals surface area contributed by atoms with Crippen molar-refractivity contribution in [1.82, 2.24) is 25.1 Å². The van der Waals surface area contributed by atoms with E-state index in [0.29, 0.717) is 44.5 Å². The normalized spacial score (nSPS) is 15.5. The number of thioether (sulfide) groups is 1. The Kier molecular flexibility index (Phi) is 8.99. The number of carbonyl (C=O) groups excluding carboxylic acids is 2. The predicted octanol–water partition coefficient (Wildman–Crippen LogP) is 3.17. The van der Waals surface area contributed by atoms with Gasteiger partial charge in [-0.05, 0) is 49.8 Å². The molecule has 0 radical (unpaired) electrons. The van der Waals surface area contributed by atoms with E-state index in [1.807, 2.05) is 39.0 Å². The number of nitrogens with zero attached hydrogens (tertiary/aromatic N) is 5. The maximum Gasteiger partial charge on any atom is 0.227 e. The lowest BCUT2D eigenvalue weighted by Crippen LogP contribution is -2.35. The summed E-state index contributed by atoms with van der Waals surface area (Å²) in [6.45, 7) is 11.2. The van der Waals surface area contributed by atoms with Gasteiger partial charge in [-0.25, -0.2) is 14.6 Å². The Hall–Kier alpha value is -3.18. The zero-order chi connectivity index (χ0) is 26.4. The number of benzene rings is 1. The smallest absolute Gasteiger partial charge is 0.227 e. The van der Waals surface area contributed by atoms with Crippen LogP contribution in [0.1, 0.15) is 31.4 Å². The minimum atomic E-state index is -0.375. The molecule has 0 aliphatic carbocycles. The van der Waals surface area contributed by atoms with E-state index >= 15 is 0 Å². The van der Waals surface area contributed by atoms with E-state index < -0.39 is 0 Å². The summed E-state index contributed by atoms with van der Waals surface area (Å²) in [5, 5.41) is 12.3.